The van der Waals surface area contributed by atoms with Gasteiger partial charge in [0.05, 0.1) is 18.4 Å². The highest BCUT2D eigenvalue weighted by molar-refractivity contribution is 8.00. The van der Waals surface area contributed by atoms with Gasteiger partial charge in [-0.2, -0.15) is 0 Å². The Balaban J connectivity index is 1.40. The van der Waals surface area contributed by atoms with Crippen molar-refractivity contribution in [1.29, 1.82) is 0 Å². The molecule has 0 saturated carbocycles. The number of benzene rings is 3. The van der Waals surface area contributed by atoms with Gasteiger partial charge in [0.1, 0.15) is 17.2 Å². The largest absolute Gasteiger partial charge is 0.497 e. The van der Waals surface area contributed by atoms with Crippen molar-refractivity contribution in [3.05, 3.63) is 90.6 Å². The van der Waals surface area contributed by atoms with Crippen molar-refractivity contribution in [1.82, 2.24) is 4.98 Å². The standard InChI is InChI=1S/C24H19NO3S/c1-27-18-10-12-20(13-11-18)28-19-8-6-17(7-9-19)23(26)16-29-24-14-15-25-22-5-3-2-4-21(22)24/h2-15H,16H2,1H3. The van der Waals surface area contributed by atoms with Crippen LogP contribution in [0.3, 0.4) is 0 Å². The fourth-order valence-corrected chi connectivity index (χ4v) is 3.85. The van der Waals surface area contributed by atoms with Gasteiger partial charge in [-0.3, -0.25) is 9.78 Å². The summed E-state index contributed by atoms with van der Waals surface area (Å²) < 4.78 is 11.0. The van der Waals surface area contributed by atoms with Crippen LogP contribution in [0.5, 0.6) is 17.2 Å². The lowest BCUT2D eigenvalue weighted by molar-refractivity contribution is 0.102. The van der Waals surface area contributed by atoms with E-state index in [9.17, 15) is 4.79 Å². The van der Waals surface area contributed by atoms with Crippen LogP contribution < -0.4 is 9.47 Å². The number of pyridine rings is 1. The second-order valence-electron chi connectivity index (χ2n) is 6.34. The number of fused-ring (bicyclic) bond motifs is 1. The number of hydrogen-bond donors (Lipinski definition) is 0. The molecule has 0 aliphatic carbocycles. The third-order valence-corrected chi connectivity index (χ3v) is 5.51. The molecule has 0 amide bonds. The van der Waals surface area contributed by atoms with E-state index < -0.39 is 0 Å². The van der Waals surface area contributed by atoms with Crippen molar-refractivity contribution in [3.63, 3.8) is 0 Å². The van der Waals surface area contributed by atoms with Crippen molar-refractivity contribution in [2.75, 3.05) is 12.9 Å². The first-order valence-corrected chi connectivity index (χ1v) is 10.1. The van der Waals surface area contributed by atoms with Crippen LogP contribution in [-0.4, -0.2) is 23.6 Å². The minimum atomic E-state index is 0.0758. The summed E-state index contributed by atoms with van der Waals surface area (Å²) in [5.41, 5.74) is 1.60. The molecule has 0 saturated heterocycles. The van der Waals surface area contributed by atoms with E-state index in [-0.39, 0.29) is 5.78 Å². The Morgan fingerprint density at radius 2 is 1.52 bits per heavy atom. The van der Waals surface area contributed by atoms with E-state index in [1.807, 2.05) is 66.7 Å². The Morgan fingerprint density at radius 3 is 2.24 bits per heavy atom. The number of ether oxygens (including phenoxy) is 2. The molecule has 3 aromatic carbocycles. The molecule has 0 unspecified atom stereocenters. The number of para-hydroxylation sites is 1. The third kappa shape index (κ3) is 4.58. The van der Waals surface area contributed by atoms with Gasteiger partial charge in [-0.1, -0.05) is 18.2 Å². The maximum Gasteiger partial charge on any atom is 0.173 e. The molecule has 0 radical (unpaired) electrons. The van der Waals surface area contributed by atoms with Crippen LogP contribution in [0.15, 0.2) is 90.0 Å². The zero-order valence-electron chi connectivity index (χ0n) is 15.9. The minimum Gasteiger partial charge on any atom is -0.497 e. The van der Waals surface area contributed by atoms with E-state index in [1.54, 1.807) is 25.4 Å². The number of thioether (sulfide) groups is 1. The van der Waals surface area contributed by atoms with Crippen molar-refractivity contribution in [2.45, 2.75) is 4.90 Å². The fourth-order valence-electron chi connectivity index (χ4n) is 2.91. The van der Waals surface area contributed by atoms with Gasteiger partial charge in [-0.15, -0.1) is 11.8 Å². The maximum atomic E-state index is 12.6. The zero-order chi connectivity index (χ0) is 20.1. The first-order valence-electron chi connectivity index (χ1n) is 9.14. The van der Waals surface area contributed by atoms with E-state index >= 15 is 0 Å². The first-order chi connectivity index (χ1) is 14.2. The summed E-state index contributed by atoms with van der Waals surface area (Å²) >= 11 is 1.53. The molecule has 0 bridgehead atoms. The van der Waals surface area contributed by atoms with Crippen LogP contribution in [0, 0.1) is 0 Å². The second-order valence-corrected chi connectivity index (χ2v) is 7.36. The van der Waals surface area contributed by atoms with Crippen molar-refractivity contribution in [3.8, 4) is 17.2 Å². The number of rotatable bonds is 7. The lowest BCUT2D eigenvalue weighted by atomic mass is 10.1. The van der Waals surface area contributed by atoms with E-state index in [0.717, 1.165) is 21.5 Å². The van der Waals surface area contributed by atoms with Crippen LogP contribution in [0.4, 0.5) is 0 Å². The predicted octanol–water partition coefficient (Wildman–Crippen LogP) is 6.01. The molecule has 4 rings (SSSR count). The number of carbonyl (C=O) groups excluding carboxylic acids is 1. The average molecular weight is 401 g/mol. The third-order valence-electron chi connectivity index (χ3n) is 4.44. The lowest BCUT2D eigenvalue weighted by Crippen LogP contribution is -2.02. The molecule has 1 aromatic heterocycles. The number of methoxy groups -OCH3 is 1. The second kappa shape index (κ2) is 8.80. The molecular formula is C24H19NO3S. The summed E-state index contributed by atoms with van der Waals surface area (Å²) in [6, 6.07) is 24.5. The molecule has 0 atom stereocenters. The predicted molar refractivity (Wildman–Crippen MR) is 116 cm³/mol. The minimum absolute atomic E-state index is 0.0758. The summed E-state index contributed by atoms with van der Waals surface area (Å²) in [4.78, 5) is 18.0. The Hall–Kier alpha value is -3.31. The van der Waals surface area contributed by atoms with Gasteiger partial charge in [0, 0.05) is 22.0 Å². The normalized spacial score (nSPS) is 10.7. The van der Waals surface area contributed by atoms with E-state index in [4.69, 9.17) is 9.47 Å². The molecule has 1 heterocycles. The highest BCUT2D eigenvalue weighted by Gasteiger charge is 2.09. The molecule has 4 nitrogen and oxygen atoms in total. The molecule has 0 N–H and O–H groups in total. The van der Waals surface area contributed by atoms with Crippen LogP contribution in [0.1, 0.15) is 10.4 Å². The molecule has 0 fully saturated rings. The van der Waals surface area contributed by atoms with Crippen LogP contribution in [0.2, 0.25) is 0 Å². The number of nitrogens with zero attached hydrogens (tertiary/aromatic N) is 1. The quantitative estimate of drug-likeness (QED) is 0.280. The van der Waals surface area contributed by atoms with Gasteiger partial charge in [-0.05, 0) is 60.7 Å². The van der Waals surface area contributed by atoms with Gasteiger partial charge < -0.3 is 9.47 Å². The Morgan fingerprint density at radius 1 is 0.862 bits per heavy atom. The van der Waals surface area contributed by atoms with Crippen molar-refractivity contribution < 1.29 is 14.3 Å². The zero-order valence-corrected chi connectivity index (χ0v) is 16.7. The van der Waals surface area contributed by atoms with Crippen LogP contribution in [0.25, 0.3) is 10.9 Å². The van der Waals surface area contributed by atoms with Gasteiger partial charge in [0.2, 0.25) is 0 Å². The molecule has 4 aromatic rings. The monoisotopic (exact) mass is 401 g/mol. The van der Waals surface area contributed by atoms with Crippen LogP contribution >= 0.6 is 11.8 Å². The van der Waals surface area contributed by atoms with Gasteiger partial charge >= 0.3 is 0 Å². The fraction of sp³-hybridized carbons (Fsp3) is 0.0833. The number of carbonyl (C=O) groups is 1. The topological polar surface area (TPSA) is 48.4 Å². The van der Waals surface area contributed by atoms with E-state index in [1.165, 1.54) is 11.8 Å². The van der Waals surface area contributed by atoms with E-state index in [0.29, 0.717) is 22.8 Å². The lowest BCUT2D eigenvalue weighted by Gasteiger charge is -2.08. The molecule has 0 aliphatic heterocycles. The van der Waals surface area contributed by atoms with Gasteiger partial charge in [0.15, 0.2) is 5.78 Å². The molecular weight excluding hydrogens is 382 g/mol. The summed E-state index contributed by atoms with van der Waals surface area (Å²) in [6.07, 6.45) is 1.78. The van der Waals surface area contributed by atoms with Crippen LogP contribution in [-0.2, 0) is 0 Å². The van der Waals surface area contributed by atoms with Crippen molar-refractivity contribution in [2.24, 2.45) is 0 Å². The number of hydrogen-bond acceptors (Lipinski definition) is 5. The number of ketones is 1. The van der Waals surface area contributed by atoms with Gasteiger partial charge in [0.25, 0.3) is 0 Å². The van der Waals surface area contributed by atoms with Crippen molar-refractivity contribution >= 4 is 28.4 Å². The SMILES string of the molecule is COc1ccc(Oc2ccc(C(=O)CSc3ccnc4ccccc34)cc2)cc1. The highest BCUT2D eigenvalue weighted by Crippen LogP contribution is 2.28. The molecule has 0 aliphatic rings. The van der Waals surface area contributed by atoms with E-state index in [2.05, 4.69) is 4.98 Å². The Labute approximate surface area is 173 Å². The molecule has 144 valence electrons. The molecule has 5 heteroatoms. The summed E-state index contributed by atoms with van der Waals surface area (Å²) in [5, 5.41) is 1.07. The maximum absolute atomic E-state index is 12.6. The highest BCUT2D eigenvalue weighted by atomic mass is 32.2. The number of aromatic nitrogens is 1. The summed E-state index contributed by atoms with van der Waals surface area (Å²) in [5.74, 6) is 2.61. The molecule has 29 heavy (non-hydrogen) atoms. The first kappa shape index (κ1) is 19.0. The Kier molecular flexibility index (Phi) is 5.77. The van der Waals surface area contributed by atoms with Gasteiger partial charge in [-0.25, -0.2) is 0 Å². The molecule has 0 spiro atoms. The summed E-state index contributed by atoms with van der Waals surface area (Å²) in [7, 11) is 1.63. The summed E-state index contributed by atoms with van der Waals surface area (Å²) in [6.45, 7) is 0. The number of Topliss-reactive ketones (excluding diaryl/α,β-unsaturated/α-hetero) is 1. The Bertz CT molecular complexity index is 1120. The smallest absolute Gasteiger partial charge is 0.173 e. The average Bonchev–Trinajstić information content (AvgIpc) is 2.78.